The summed E-state index contributed by atoms with van der Waals surface area (Å²) in [7, 11) is 7.27. The minimum Gasteiger partial charge on any atom is -0.493 e. The second kappa shape index (κ2) is 10.2. The normalized spacial score (nSPS) is 13.5. The molecule has 0 saturated carbocycles. The van der Waals surface area contributed by atoms with E-state index in [0.717, 1.165) is 24.5 Å². The van der Waals surface area contributed by atoms with E-state index in [0.29, 0.717) is 12.5 Å². The van der Waals surface area contributed by atoms with Gasteiger partial charge in [0, 0.05) is 13.7 Å². The van der Waals surface area contributed by atoms with Gasteiger partial charge in [-0.3, -0.25) is 4.90 Å². The smallest absolute Gasteiger partial charge is 0.160 e. The topological polar surface area (TPSA) is 30.9 Å². The zero-order valence-electron chi connectivity index (χ0n) is 16.6. The summed E-state index contributed by atoms with van der Waals surface area (Å²) in [6, 6.07) is 17.0. The van der Waals surface area contributed by atoms with Gasteiger partial charge in [-0.05, 0) is 42.6 Å². The lowest BCUT2D eigenvalue weighted by Crippen LogP contribution is -2.31. The molecule has 2 rings (SSSR count). The highest BCUT2D eigenvalue weighted by Gasteiger charge is 2.21. The lowest BCUT2D eigenvalue weighted by molar-refractivity contribution is 0.102. The molecule has 2 atom stereocenters. The van der Waals surface area contributed by atoms with Gasteiger partial charge in [0.1, 0.15) is 0 Å². The summed E-state index contributed by atoms with van der Waals surface area (Å²) in [5.41, 5.74) is 2.54. The standard InChI is InChI=1S/C22H31NO3/c1-6-17(19-12-13-21(25-4)22(14-19)26-5)15-23(2)20(16-24-3)18-10-8-7-9-11-18/h7-14,17,20H,6,15-16H2,1-5H3/t17-,20+/m1/s1. The molecule has 0 fully saturated rings. The van der Waals surface area contributed by atoms with E-state index >= 15 is 0 Å². The molecule has 0 aliphatic rings. The van der Waals surface area contributed by atoms with E-state index in [1.807, 2.05) is 12.1 Å². The largest absolute Gasteiger partial charge is 0.493 e. The fourth-order valence-electron chi connectivity index (χ4n) is 3.36. The van der Waals surface area contributed by atoms with E-state index in [-0.39, 0.29) is 6.04 Å². The van der Waals surface area contributed by atoms with Gasteiger partial charge in [-0.2, -0.15) is 0 Å². The molecule has 0 aliphatic carbocycles. The molecule has 0 aromatic heterocycles. The predicted octanol–water partition coefficient (Wildman–Crippen LogP) is 4.52. The Labute approximate surface area is 157 Å². The number of ether oxygens (including phenoxy) is 3. The van der Waals surface area contributed by atoms with Gasteiger partial charge in [-0.1, -0.05) is 43.3 Å². The van der Waals surface area contributed by atoms with Crippen LogP contribution in [0, 0.1) is 0 Å². The number of methoxy groups -OCH3 is 3. The molecule has 0 aliphatic heterocycles. The number of benzene rings is 2. The highest BCUT2D eigenvalue weighted by Crippen LogP contribution is 2.33. The highest BCUT2D eigenvalue weighted by atomic mass is 16.5. The molecule has 4 nitrogen and oxygen atoms in total. The predicted molar refractivity (Wildman–Crippen MR) is 106 cm³/mol. The summed E-state index contributed by atoms with van der Waals surface area (Å²) in [5, 5.41) is 0. The van der Waals surface area contributed by atoms with Crippen LogP contribution in [0.4, 0.5) is 0 Å². The molecule has 0 amide bonds. The monoisotopic (exact) mass is 357 g/mol. The molecular formula is C22H31NO3. The van der Waals surface area contributed by atoms with Gasteiger partial charge >= 0.3 is 0 Å². The molecule has 26 heavy (non-hydrogen) atoms. The van der Waals surface area contributed by atoms with Crippen molar-refractivity contribution in [3.8, 4) is 11.5 Å². The first kappa shape index (κ1) is 20.3. The van der Waals surface area contributed by atoms with Crippen LogP contribution in [0.3, 0.4) is 0 Å². The minimum atomic E-state index is 0.232. The van der Waals surface area contributed by atoms with Crippen LogP contribution in [-0.4, -0.2) is 46.4 Å². The SMILES string of the molecule is CC[C@H](CN(C)[C@@H](COC)c1ccccc1)c1ccc(OC)c(OC)c1. The average Bonchev–Trinajstić information content (AvgIpc) is 2.70. The molecule has 0 radical (unpaired) electrons. The third kappa shape index (κ3) is 4.99. The number of likely N-dealkylation sites (N-methyl/N-ethyl adjacent to an activating group) is 1. The Kier molecular flexibility index (Phi) is 7.95. The Balaban J connectivity index is 2.19. The van der Waals surface area contributed by atoms with Crippen LogP contribution in [0.1, 0.15) is 36.4 Å². The van der Waals surface area contributed by atoms with Crippen molar-refractivity contribution in [1.29, 1.82) is 0 Å². The quantitative estimate of drug-likeness (QED) is 0.626. The summed E-state index contributed by atoms with van der Waals surface area (Å²) in [6.07, 6.45) is 1.05. The fraction of sp³-hybridized carbons (Fsp3) is 0.455. The van der Waals surface area contributed by atoms with E-state index in [9.17, 15) is 0 Å². The number of hydrogen-bond donors (Lipinski definition) is 0. The van der Waals surface area contributed by atoms with E-state index < -0.39 is 0 Å². The van der Waals surface area contributed by atoms with Gasteiger partial charge in [-0.25, -0.2) is 0 Å². The molecule has 0 bridgehead atoms. The minimum absolute atomic E-state index is 0.232. The van der Waals surface area contributed by atoms with E-state index in [1.165, 1.54) is 11.1 Å². The van der Waals surface area contributed by atoms with Crippen molar-refractivity contribution >= 4 is 0 Å². The van der Waals surface area contributed by atoms with Gasteiger partial charge in [0.05, 0.1) is 26.9 Å². The molecule has 0 N–H and O–H groups in total. The van der Waals surface area contributed by atoms with Crippen LogP contribution >= 0.6 is 0 Å². The summed E-state index contributed by atoms with van der Waals surface area (Å²) in [5.74, 6) is 1.95. The summed E-state index contributed by atoms with van der Waals surface area (Å²) in [4.78, 5) is 2.38. The van der Waals surface area contributed by atoms with Crippen molar-refractivity contribution in [3.63, 3.8) is 0 Å². The Morgan fingerprint density at radius 2 is 1.58 bits per heavy atom. The van der Waals surface area contributed by atoms with Crippen LogP contribution in [0.5, 0.6) is 11.5 Å². The van der Waals surface area contributed by atoms with Gasteiger partial charge in [0.15, 0.2) is 11.5 Å². The second-order valence-electron chi connectivity index (χ2n) is 6.54. The van der Waals surface area contributed by atoms with E-state index in [2.05, 4.69) is 55.3 Å². The Bertz CT molecular complexity index is 660. The van der Waals surface area contributed by atoms with Gasteiger partial charge in [0.2, 0.25) is 0 Å². The van der Waals surface area contributed by atoms with Gasteiger partial charge < -0.3 is 14.2 Å². The van der Waals surface area contributed by atoms with Crippen molar-refractivity contribution in [3.05, 3.63) is 59.7 Å². The Morgan fingerprint density at radius 3 is 2.15 bits per heavy atom. The Morgan fingerprint density at radius 1 is 0.885 bits per heavy atom. The Hall–Kier alpha value is -2.04. The molecule has 0 heterocycles. The lowest BCUT2D eigenvalue weighted by Gasteiger charge is -2.31. The zero-order chi connectivity index (χ0) is 18.9. The summed E-state index contributed by atoms with van der Waals surface area (Å²) in [6.45, 7) is 3.83. The first-order valence-electron chi connectivity index (χ1n) is 9.10. The third-order valence-electron chi connectivity index (χ3n) is 4.92. The maximum atomic E-state index is 5.49. The van der Waals surface area contributed by atoms with Gasteiger partial charge in [-0.15, -0.1) is 0 Å². The summed E-state index contributed by atoms with van der Waals surface area (Å²) >= 11 is 0. The molecule has 0 saturated heterocycles. The van der Waals surface area contributed by atoms with Crippen LogP contribution in [0.2, 0.25) is 0 Å². The molecule has 2 aromatic rings. The van der Waals surface area contributed by atoms with Gasteiger partial charge in [0.25, 0.3) is 0 Å². The van der Waals surface area contributed by atoms with Crippen LogP contribution in [-0.2, 0) is 4.74 Å². The van der Waals surface area contributed by atoms with Crippen LogP contribution < -0.4 is 9.47 Å². The maximum absolute atomic E-state index is 5.49. The first-order valence-corrected chi connectivity index (χ1v) is 9.10. The van der Waals surface area contributed by atoms with E-state index in [4.69, 9.17) is 14.2 Å². The number of hydrogen-bond acceptors (Lipinski definition) is 4. The first-order chi connectivity index (χ1) is 12.6. The maximum Gasteiger partial charge on any atom is 0.160 e. The molecule has 4 heteroatoms. The molecule has 0 unspecified atom stereocenters. The van der Waals surface area contributed by atoms with Crippen molar-refractivity contribution in [1.82, 2.24) is 4.90 Å². The van der Waals surface area contributed by atoms with Crippen LogP contribution in [0.15, 0.2) is 48.5 Å². The average molecular weight is 357 g/mol. The molecule has 142 valence electrons. The molecule has 2 aromatic carbocycles. The van der Waals surface area contributed by atoms with Crippen molar-refractivity contribution in [2.75, 3.05) is 41.5 Å². The number of rotatable bonds is 10. The molecular weight excluding hydrogens is 326 g/mol. The second-order valence-corrected chi connectivity index (χ2v) is 6.54. The lowest BCUT2D eigenvalue weighted by atomic mass is 9.94. The zero-order valence-corrected chi connectivity index (χ0v) is 16.6. The third-order valence-corrected chi connectivity index (χ3v) is 4.92. The van der Waals surface area contributed by atoms with E-state index in [1.54, 1.807) is 21.3 Å². The van der Waals surface area contributed by atoms with Crippen molar-refractivity contribution in [2.24, 2.45) is 0 Å². The fourth-order valence-corrected chi connectivity index (χ4v) is 3.36. The number of nitrogens with zero attached hydrogens (tertiary/aromatic N) is 1. The highest BCUT2D eigenvalue weighted by molar-refractivity contribution is 5.44. The summed E-state index contributed by atoms with van der Waals surface area (Å²) < 4.78 is 16.3. The molecule has 0 spiro atoms. The van der Waals surface area contributed by atoms with Crippen LogP contribution in [0.25, 0.3) is 0 Å². The van der Waals surface area contributed by atoms with Crippen molar-refractivity contribution < 1.29 is 14.2 Å². The van der Waals surface area contributed by atoms with Crippen molar-refractivity contribution in [2.45, 2.75) is 25.3 Å².